The van der Waals surface area contributed by atoms with Crippen LogP contribution in [0.1, 0.15) is 24.9 Å². The summed E-state index contributed by atoms with van der Waals surface area (Å²) >= 11 is 5.89. The lowest BCUT2D eigenvalue weighted by Gasteiger charge is -2.15. The molecule has 2 aromatic rings. The largest absolute Gasteiger partial charge is 0.483 e. The van der Waals surface area contributed by atoms with Crippen molar-refractivity contribution in [3.8, 4) is 5.75 Å². The second kappa shape index (κ2) is 7.13. The molecule has 116 valence electrons. The maximum absolute atomic E-state index is 12.3. The minimum absolute atomic E-state index is 0.113. The molecule has 1 heterocycles. The lowest BCUT2D eigenvalue weighted by Crippen LogP contribution is -2.29. The first kappa shape index (κ1) is 16.1. The lowest BCUT2D eigenvalue weighted by molar-refractivity contribution is -0.141. The normalized spacial score (nSPS) is 11.9. The first-order valence-corrected chi connectivity index (χ1v) is 7.22. The lowest BCUT2D eigenvalue weighted by atomic mass is 10.2. The van der Waals surface area contributed by atoms with E-state index in [4.69, 9.17) is 21.4 Å². The number of hydrogen-bond acceptors (Lipinski definition) is 3. The highest BCUT2D eigenvalue weighted by Crippen LogP contribution is 2.15. The van der Waals surface area contributed by atoms with Crippen molar-refractivity contribution in [2.24, 2.45) is 0 Å². The number of pyridine rings is 1. The summed E-state index contributed by atoms with van der Waals surface area (Å²) in [6.45, 7) is 1.90. The summed E-state index contributed by atoms with van der Waals surface area (Å²) < 4.78 is 6.68. The fourth-order valence-electron chi connectivity index (χ4n) is 2.12. The Morgan fingerprint density at radius 1 is 1.36 bits per heavy atom. The molecule has 0 aliphatic heterocycles. The molecule has 0 spiro atoms. The smallest absolute Gasteiger partial charge is 0.326 e. The van der Waals surface area contributed by atoms with Gasteiger partial charge in [0.2, 0.25) is 0 Å². The maximum Gasteiger partial charge on any atom is 0.326 e. The van der Waals surface area contributed by atoms with Crippen molar-refractivity contribution in [2.45, 2.75) is 26.0 Å². The minimum atomic E-state index is -1.04. The van der Waals surface area contributed by atoms with E-state index in [0.29, 0.717) is 11.4 Å². The quantitative estimate of drug-likeness (QED) is 0.887. The molecule has 5 nitrogen and oxygen atoms in total. The molecule has 0 fully saturated rings. The SMILES string of the molecule is CCC(C(=O)O)n1cccc(OCc2cccc(Cl)c2)c1=O. The van der Waals surface area contributed by atoms with Crippen LogP contribution in [0.25, 0.3) is 0 Å². The summed E-state index contributed by atoms with van der Waals surface area (Å²) in [4.78, 5) is 23.5. The van der Waals surface area contributed by atoms with Crippen LogP contribution in [0.2, 0.25) is 5.02 Å². The first-order valence-electron chi connectivity index (χ1n) is 6.84. The molecule has 0 aliphatic carbocycles. The van der Waals surface area contributed by atoms with Crippen molar-refractivity contribution >= 4 is 17.6 Å². The van der Waals surface area contributed by atoms with Gasteiger partial charge in [-0.15, -0.1) is 0 Å². The third kappa shape index (κ3) is 3.68. The van der Waals surface area contributed by atoms with Gasteiger partial charge in [0.25, 0.3) is 5.56 Å². The predicted molar refractivity (Wildman–Crippen MR) is 83.4 cm³/mol. The number of ether oxygens (including phenoxy) is 1. The van der Waals surface area contributed by atoms with Gasteiger partial charge in [0.1, 0.15) is 12.6 Å². The molecule has 0 aliphatic rings. The number of hydrogen-bond donors (Lipinski definition) is 1. The number of halogens is 1. The Bertz CT molecular complexity index is 726. The summed E-state index contributed by atoms with van der Waals surface area (Å²) in [5.41, 5.74) is 0.367. The van der Waals surface area contributed by atoms with Crippen LogP contribution in [0.4, 0.5) is 0 Å². The zero-order chi connectivity index (χ0) is 16.1. The van der Waals surface area contributed by atoms with Crippen LogP contribution < -0.4 is 10.3 Å². The summed E-state index contributed by atoms with van der Waals surface area (Å²) in [5.74, 6) is -0.932. The van der Waals surface area contributed by atoms with Gasteiger partial charge in [-0.05, 0) is 36.2 Å². The summed E-state index contributed by atoms with van der Waals surface area (Å²) in [6.07, 6.45) is 1.77. The molecule has 2 rings (SSSR count). The van der Waals surface area contributed by atoms with Crippen LogP contribution in [-0.2, 0) is 11.4 Å². The standard InChI is InChI=1S/C16H16ClNO4/c1-2-13(16(20)21)18-8-4-7-14(15(18)19)22-10-11-5-3-6-12(17)9-11/h3-9,13H,2,10H2,1H3,(H,20,21). The molecule has 0 saturated heterocycles. The molecule has 1 atom stereocenters. The van der Waals surface area contributed by atoms with Crippen molar-refractivity contribution in [3.63, 3.8) is 0 Å². The van der Waals surface area contributed by atoms with Gasteiger partial charge in [-0.2, -0.15) is 0 Å². The number of benzene rings is 1. The van der Waals surface area contributed by atoms with E-state index < -0.39 is 17.6 Å². The highest BCUT2D eigenvalue weighted by molar-refractivity contribution is 6.30. The van der Waals surface area contributed by atoms with Gasteiger partial charge < -0.3 is 9.84 Å². The molecule has 22 heavy (non-hydrogen) atoms. The van der Waals surface area contributed by atoms with E-state index in [1.54, 1.807) is 31.2 Å². The Labute approximate surface area is 132 Å². The van der Waals surface area contributed by atoms with E-state index in [0.717, 1.165) is 5.56 Å². The minimum Gasteiger partial charge on any atom is -0.483 e. The average molecular weight is 322 g/mol. The van der Waals surface area contributed by atoms with Crippen molar-refractivity contribution in [2.75, 3.05) is 0 Å². The van der Waals surface area contributed by atoms with E-state index in [1.165, 1.54) is 16.8 Å². The maximum atomic E-state index is 12.3. The number of carboxylic acid groups (broad SMARTS) is 1. The number of carboxylic acids is 1. The Morgan fingerprint density at radius 3 is 2.77 bits per heavy atom. The molecule has 1 aromatic carbocycles. The Hall–Kier alpha value is -2.27. The second-order valence-corrected chi connectivity index (χ2v) is 5.20. The van der Waals surface area contributed by atoms with Crippen LogP contribution in [-0.4, -0.2) is 15.6 Å². The first-order chi connectivity index (χ1) is 10.5. The molecule has 0 bridgehead atoms. The zero-order valence-corrected chi connectivity index (χ0v) is 12.8. The van der Waals surface area contributed by atoms with Crippen LogP contribution in [0.3, 0.4) is 0 Å². The number of rotatable bonds is 6. The van der Waals surface area contributed by atoms with Crippen LogP contribution in [0.5, 0.6) is 5.75 Å². The van der Waals surface area contributed by atoms with E-state index in [-0.39, 0.29) is 12.4 Å². The van der Waals surface area contributed by atoms with E-state index >= 15 is 0 Å². The Kier molecular flexibility index (Phi) is 5.22. The van der Waals surface area contributed by atoms with Gasteiger partial charge in [-0.1, -0.05) is 30.7 Å². The third-order valence-electron chi connectivity index (χ3n) is 3.23. The highest BCUT2D eigenvalue weighted by atomic mass is 35.5. The second-order valence-electron chi connectivity index (χ2n) is 4.77. The number of aromatic nitrogens is 1. The van der Waals surface area contributed by atoms with Crippen LogP contribution in [0, 0.1) is 0 Å². The Morgan fingerprint density at radius 2 is 2.14 bits per heavy atom. The highest BCUT2D eigenvalue weighted by Gasteiger charge is 2.19. The van der Waals surface area contributed by atoms with Crippen molar-refractivity contribution < 1.29 is 14.6 Å². The average Bonchev–Trinajstić information content (AvgIpc) is 2.48. The van der Waals surface area contributed by atoms with Gasteiger partial charge in [0.15, 0.2) is 5.75 Å². The van der Waals surface area contributed by atoms with Crippen LogP contribution in [0.15, 0.2) is 47.4 Å². The summed E-state index contributed by atoms with van der Waals surface area (Å²) in [6, 6.07) is 9.34. The van der Waals surface area contributed by atoms with E-state index in [2.05, 4.69) is 0 Å². The molecule has 0 saturated carbocycles. The fraction of sp³-hybridized carbons (Fsp3) is 0.250. The van der Waals surface area contributed by atoms with E-state index in [9.17, 15) is 9.59 Å². The van der Waals surface area contributed by atoms with Crippen molar-refractivity contribution in [1.29, 1.82) is 0 Å². The van der Waals surface area contributed by atoms with Crippen molar-refractivity contribution in [1.82, 2.24) is 4.57 Å². The van der Waals surface area contributed by atoms with Crippen molar-refractivity contribution in [3.05, 3.63) is 63.5 Å². The van der Waals surface area contributed by atoms with E-state index in [1.807, 2.05) is 6.07 Å². The van der Waals surface area contributed by atoms with Gasteiger partial charge in [0.05, 0.1) is 0 Å². The van der Waals surface area contributed by atoms with Gasteiger partial charge in [-0.3, -0.25) is 9.36 Å². The molecule has 0 radical (unpaired) electrons. The topological polar surface area (TPSA) is 68.5 Å². The zero-order valence-electron chi connectivity index (χ0n) is 12.0. The monoisotopic (exact) mass is 321 g/mol. The molecular formula is C16H16ClNO4. The number of nitrogens with zero attached hydrogens (tertiary/aromatic N) is 1. The van der Waals surface area contributed by atoms with Gasteiger partial charge in [-0.25, -0.2) is 4.79 Å². The summed E-state index contributed by atoms with van der Waals surface area (Å²) in [5, 5.41) is 9.75. The molecule has 1 aromatic heterocycles. The third-order valence-corrected chi connectivity index (χ3v) is 3.47. The predicted octanol–water partition coefficient (Wildman–Crippen LogP) is 3.12. The fourth-order valence-corrected chi connectivity index (χ4v) is 2.34. The number of aliphatic carboxylic acids is 1. The molecule has 0 amide bonds. The van der Waals surface area contributed by atoms with Gasteiger partial charge >= 0.3 is 5.97 Å². The number of carbonyl (C=O) groups is 1. The molecule has 1 N–H and O–H groups in total. The molecule has 1 unspecified atom stereocenters. The van der Waals surface area contributed by atoms with Gasteiger partial charge in [0, 0.05) is 11.2 Å². The molecule has 6 heteroatoms. The summed E-state index contributed by atoms with van der Waals surface area (Å²) in [7, 11) is 0. The molecular weight excluding hydrogens is 306 g/mol. The Balaban J connectivity index is 2.22. The van der Waals surface area contributed by atoms with Crippen LogP contribution >= 0.6 is 11.6 Å².